The Morgan fingerprint density at radius 2 is 1.07 bits per heavy atom. The number of anilines is 3. The van der Waals surface area contributed by atoms with Crippen molar-refractivity contribution in [2.45, 2.75) is 12.2 Å². The summed E-state index contributed by atoms with van der Waals surface area (Å²) in [7, 11) is 0. The maximum Gasteiger partial charge on any atom is 0.350 e. The molecule has 2 fully saturated rings. The number of carbonyl (C=O) groups is 2. The number of hydrogen-bond donors (Lipinski definition) is 0. The molecule has 2 atom stereocenters. The van der Waals surface area contributed by atoms with Gasteiger partial charge >= 0.3 is 11.9 Å². The second-order valence-electron chi connectivity index (χ2n) is 9.47. The fourth-order valence-corrected chi connectivity index (χ4v) is 4.50. The topological polar surface area (TPSA) is 128 Å². The van der Waals surface area contributed by atoms with E-state index in [0.29, 0.717) is 24.3 Å². The van der Waals surface area contributed by atoms with Crippen LogP contribution in [-0.2, 0) is 28.5 Å². The summed E-state index contributed by atoms with van der Waals surface area (Å²) in [6.45, 7) is 1.17. The Hall–Kier alpha value is -4.64. The van der Waals surface area contributed by atoms with E-state index in [2.05, 4.69) is 0 Å². The van der Waals surface area contributed by atoms with Crippen molar-refractivity contribution in [3.63, 3.8) is 0 Å². The zero-order valence-electron chi connectivity index (χ0n) is 22.5. The van der Waals surface area contributed by atoms with Crippen LogP contribution < -0.4 is 4.90 Å². The number of ether oxygens (including phenoxy) is 4. The van der Waals surface area contributed by atoms with Gasteiger partial charge in [-0.2, -0.15) is 10.5 Å². The average Bonchev–Trinajstić information content (AvgIpc) is 3.97. The molecular weight excluding hydrogens is 593 g/mol. The molecule has 5 rings (SSSR count). The molecule has 0 N–H and O–H groups in total. The number of nitriles is 2. The molecule has 0 radical (unpaired) electrons. The second-order valence-corrected chi connectivity index (χ2v) is 10.2. The first-order chi connectivity index (χ1) is 20.9. The monoisotopic (exact) mass is 615 g/mol. The average molecular weight is 616 g/mol. The first-order valence-corrected chi connectivity index (χ1v) is 13.9. The molecule has 3 aromatic rings. The minimum Gasteiger partial charge on any atom is -0.459 e. The first-order valence-electron chi connectivity index (χ1n) is 13.1. The number of benzene rings is 3. The van der Waals surface area contributed by atoms with Gasteiger partial charge in [-0.1, -0.05) is 65.7 Å². The lowest BCUT2D eigenvalue weighted by Gasteiger charge is -2.26. The van der Waals surface area contributed by atoms with Crippen molar-refractivity contribution in [2.24, 2.45) is 0 Å². The highest BCUT2D eigenvalue weighted by molar-refractivity contribution is 6.51. The Morgan fingerprint density at radius 3 is 1.42 bits per heavy atom. The molecule has 11 heteroatoms. The van der Waals surface area contributed by atoms with Crippen molar-refractivity contribution in [3.8, 4) is 12.1 Å². The fraction of sp³-hybridized carbons (Fsp3) is 0.188. The van der Waals surface area contributed by atoms with Gasteiger partial charge in [-0.3, -0.25) is 0 Å². The largest absolute Gasteiger partial charge is 0.459 e. The summed E-state index contributed by atoms with van der Waals surface area (Å²) in [6.07, 6.45) is -0.270. The van der Waals surface area contributed by atoms with Crippen LogP contribution in [-0.4, -0.2) is 50.6 Å². The Balaban J connectivity index is 1.41. The molecule has 9 nitrogen and oxygen atoms in total. The number of rotatable bonds is 11. The molecule has 0 saturated carbocycles. The van der Waals surface area contributed by atoms with Crippen LogP contribution in [0.4, 0.5) is 17.1 Å². The van der Waals surface area contributed by atoms with E-state index < -0.39 is 11.9 Å². The lowest BCUT2D eigenvalue weighted by molar-refractivity contribution is -0.139. The fourth-order valence-electron chi connectivity index (χ4n) is 4.01. The van der Waals surface area contributed by atoms with E-state index in [-0.39, 0.29) is 46.6 Å². The van der Waals surface area contributed by atoms with Gasteiger partial charge in [0.15, 0.2) is 11.1 Å². The number of esters is 2. The van der Waals surface area contributed by atoms with Crippen molar-refractivity contribution < 1.29 is 28.5 Å². The van der Waals surface area contributed by atoms with E-state index in [1.165, 1.54) is 0 Å². The maximum atomic E-state index is 12.4. The normalized spacial score (nSPS) is 17.8. The van der Waals surface area contributed by atoms with Crippen molar-refractivity contribution >= 4 is 62.3 Å². The number of hydrogen-bond acceptors (Lipinski definition) is 9. The van der Waals surface area contributed by atoms with Gasteiger partial charge < -0.3 is 23.8 Å². The molecule has 216 valence electrons. The van der Waals surface area contributed by atoms with Crippen LogP contribution in [0.5, 0.6) is 0 Å². The molecule has 2 saturated heterocycles. The summed E-state index contributed by atoms with van der Waals surface area (Å²) in [5.41, 5.74) is 2.69. The molecule has 43 heavy (non-hydrogen) atoms. The van der Waals surface area contributed by atoms with E-state index in [4.69, 9.17) is 42.1 Å². The number of nitrogens with zero attached hydrogens (tertiary/aromatic N) is 3. The number of epoxide rings is 2. The van der Waals surface area contributed by atoms with Crippen molar-refractivity contribution in [1.82, 2.24) is 0 Å². The van der Waals surface area contributed by atoms with Crippen molar-refractivity contribution in [3.05, 3.63) is 101 Å². The van der Waals surface area contributed by atoms with Gasteiger partial charge in [0.25, 0.3) is 0 Å². The van der Waals surface area contributed by atoms with Crippen LogP contribution in [0.25, 0.3) is 10.1 Å². The molecule has 0 spiro atoms. The molecule has 0 aliphatic carbocycles. The van der Waals surface area contributed by atoms with E-state index in [1.54, 1.807) is 48.5 Å². The third-order valence-corrected chi connectivity index (χ3v) is 7.26. The highest BCUT2D eigenvalue weighted by Gasteiger charge is 2.27. The third-order valence-electron chi connectivity index (χ3n) is 6.45. The molecule has 2 aliphatic heterocycles. The van der Waals surface area contributed by atoms with E-state index in [1.807, 2.05) is 47.4 Å². The summed E-state index contributed by atoms with van der Waals surface area (Å²) in [4.78, 5) is 26.7. The zero-order valence-corrected chi connectivity index (χ0v) is 24.0. The van der Waals surface area contributed by atoms with E-state index in [9.17, 15) is 20.1 Å². The zero-order chi connectivity index (χ0) is 30.3. The summed E-state index contributed by atoms with van der Waals surface area (Å²) >= 11 is 12.9. The predicted molar refractivity (Wildman–Crippen MR) is 159 cm³/mol. The van der Waals surface area contributed by atoms with E-state index >= 15 is 0 Å². The van der Waals surface area contributed by atoms with Gasteiger partial charge in [0.1, 0.15) is 37.6 Å². The van der Waals surface area contributed by atoms with Gasteiger partial charge in [0.2, 0.25) is 0 Å². The van der Waals surface area contributed by atoms with Gasteiger partial charge in [-0.05, 0) is 47.5 Å². The third kappa shape index (κ3) is 7.42. The Morgan fingerprint density at radius 1 is 0.698 bits per heavy atom. The second kappa shape index (κ2) is 13.6. The van der Waals surface area contributed by atoms with Gasteiger partial charge in [0.05, 0.1) is 23.3 Å². The Bertz CT molecular complexity index is 1540. The molecule has 2 heterocycles. The molecule has 0 bridgehead atoms. The summed E-state index contributed by atoms with van der Waals surface area (Å²) in [6, 6.07) is 27.3. The van der Waals surface area contributed by atoms with Crippen LogP contribution >= 0.6 is 23.2 Å². The molecule has 0 amide bonds. The summed E-state index contributed by atoms with van der Waals surface area (Å²) < 4.78 is 20.3. The summed E-state index contributed by atoms with van der Waals surface area (Å²) in [5, 5.41) is 19.0. The predicted octanol–water partition coefficient (Wildman–Crippen LogP) is 5.99. The van der Waals surface area contributed by atoms with Crippen molar-refractivity contribution in [1.29, 1.82) is 10.5 Å². The van der Waals surface area contributed by atoms with Gasteiger partial charge in [-0.15, -0.1) is 0 Å². The smallest absolute Gasteiger partial charge is 0.350 e. The SMILES string of the molecule is N#CC(C(=O)OCC1CO1)=C(Cl)c1ccc(N(c2ccccc2)c2ccc(C(Cl)=C(C#N)C(=O)OCC3CO3)cc2)cc1. The minimum atomic E-state index is -0.810. The van der Waals surface area contributed by atoms with Crippen LogP contribution in [0.3, 0.4) is 0 Å². The van der Waals surface area contributed by atoms with Gasteiger partial charge in [0, 0.05) is 17.1 Å². The van der Waals surface area contributed by atoms with Crippen LogP contribution in [0, 0.1) is 22.7 Å². The van der Waals surface area contributed by atoms with E-state index in [0.717, 1.165) is 17.1 Å². The van der Waals surface area contributed by atoms with Gasteiger partial charge in [-0.25, -0.2) is 9.59 Å². The van der Waals surface area contributed by atoms with Crippen LogP contribution in [0.1, 0.15) is 11.1 Å². The van der Waals surface area contributed by atoms with Crippen LogP contribution in [0.15, 0.2) is 90.0 Å². The van der Waals surface area contributed by atoms with Crippen LogP contribution in [0.2, 0.25) is 0 Å². The van der Waals surface area contributed by atoms with Crippen molar-refractivity contribution in [2.75, 3.05) is 31.3 Å². The molecule has 3 aromatic carbocycles. The first kappa shape index (κ1) is 29.8. The lowest BCUT2D eigenvalue weighted by atomic mass is 10.1. The minimum absolute atomic E-state index is 0.0238. The lowest BCUT2D eigenvalue weighted by Crippen LogP contribution is -2.12. The highest BCUT2D eigenvalue weighted by atomic mass is 35.5. The highest BCUT2D eigenvalue weighted by Crippen LogP contribution is 2.37. The number of halogens is 2. The summed E-state index contributed by atoms with van der Waals surface area (Å²) in [5.74, 6) is -1.62. The molecule has 2 unspecified atom stereocenters. The quantitative estimate of drug-likeness (QED) is 0.110. The maximum absolute atomic E-state index is 12.4. The molecular formula is C32H23Cl2N3O6. The number of para-hydroxylation sites is 1. The number of carbonyl (C=O) groups excluding carboxylic acids is 2. The molecule has 0 aromatic heterocycles. The Labute approximate surface area is 257 Å². The Kier molecular flexibility index (Phi) is 9.41. The standard InChI is InChI=1S/C32H23Cl2N3O6/c33-29(27(14-35)31(38)42-18-25-16-40-25)20-6-10-23(11-7-20)37(22-4-2-1-3-5-22)24-12-8-21(9-13-24)30(34)28(15-36)32(39)43-19-26-17-41-26/h1-13,25-26H,16-19H2. The molecule has 2 aliphatic rings.